The Morgan fingerprint density at radius 2 is 1.88 bits per heavy atom. The van der Waals surface area contributed by atoms with Crippen molar-refractivity contribution in [3.63, 3.8) is 0 Å². The fraction of sp³-hybridized carbons (Fsp3) is 0.467. The lowest BCUT2D eigenvalue weighted by Crippen LogP contribution is -2.43. The van der Waals surface area contributed by atoms with Gasteiger partial charge in [-0.15, -0.1) is 0 Å². The van der Waals surface area contributed by atoms with Crippen molar-refractivity contribution in [1.29, 1.82) is 0 Å². The second-order valence-electron chi connectivity index (χ2n) is 5.19. The van der Waals surface area contributed by atoms with E-state index in [9.17, 15) is 0 Å². The quantitative estimate of drug-likeness (QED) is 0.709. The van der Waals surface area contributed by atoms with Crippen molar-refractivity contribution in [3.8, 4) is 0 Å². The van der Waals surface area contributed by atoms with Crippen LogP contribution in [0.1, 0.15) is 31.2 Å². The molecule has 1 aromatic carbocycles. The Morgan fingerprint density at radius 3 is 2.41 bits per heavy atom. The first-order valence-corrected chi connectivity index (χ1v) is 6.52. The van der Waals surface area contributed by atoms with Crippen molar-refractivity contribution in [3.05, 3.63) is 47.0 Å². The maximum absolute atomic E-state index is 6.12. The molecule has 0 aliphatic heterocycles. The van der Waals surface area contributed by atoms with Crippen molar-refractivity contribution < 1.29 is 0 Å². The molecule has 0 heterocycles. The molecule has 1 saturated carbocycles. The van der Waals surface area contributed by atoms with Crippen LogP contribution in [0.25, 0.3) is 0 Å². The van der Waals surface area contributed by atoms with Gasteiger partial charge in [0, 0.05) is 10.6 Å². The number of halogens is 1. The molecule has 0 radical (unpaired) electrons. The highest BCUT2D eigenvalue weighted by Gasteiger charge is 2.36. The molecule has 1 aliphatic rings. The molecule has 17 heavy (non-hydrogen) atoms. The second-order valence-corrected chi connectivity index (χ2v) is 5.62. The average molecular weight is 250 g/mol. The number of nitrogens with zero attached hydrogens (tertiary/aromatic N) is 1. The molecule has 0 spiro atoms. The van der Waals surface area contributed by atoms with Crippen LogP contribution in [-0.4, -0.2) is 19.0 Å². The average Bonchev–Trinajstić information content (AvgIpc) is 2.30. The Morgan fingerprint density at radius 1 is 1.24 bits per heavy atom. The van der Waals surface area contributed by atoms with Gasteiger partial charge in [-0.3, -0.25) is 4.90 Å². The van der Waals surface area contributed by atoms with Crippen LogP contribution in [0.2, 0.25) is 5.02 Å². The van der Waals surface area contributed by atoms with Gasteiger partial charge in [0.15, 0.2) is 0 Å². The third-order valence-corrected chi connectivity index (χ3v) is 4.24. The van der Waals surface area contributed by atoms with Crippen LogP contribution in [-0.2, 0) is 5.54 Å². The number of hydrogen-bond donors (Lipinski definition) is 0. The molecule has 1 aromatic rings. The van der Waals surface area contributed by atoms with Crippen LogP contribution in [0.5, 0.6) is 0 Å². The van der Waals surface area contributed by atoms with E-state index in [0.717, 1.165) is 30.7 Å². The summed E-state index contributed by atoms with van der Waals surface area (Å²) in [6.07, 6.45) is 4.51. The Kier molecular flexibility index (Phi) is 3.60. The van der Waals surface area contributed by atoms with Gasteiger partial charge in [0.1, 0.15) is 0 Å². The van der Waals surface area contributed by atoms with E-state index in [4.69, 9.17) is 11.6 Å². The summed E-state index contributed by atoms with van der Waals surface area (Å²) in [6, 6.07) is 8.29. The number of rotatable bonds is 2. The van der Waals surface area contributed by atoms with Crippen LogP contribution in [0.15, 0.2) is 36.4 Å². The maximum Gasteiger partial charge on any atom is 0.0461 e. The molecule has 92 valence electrons. The molecule has 2 rings (SSSR count). The summed E-state index contributed by atoms with van der Waals surface area (Å²) in [5.74, 6) is 0. The van der Waals surface area contributed by atoms with Gasteiger partial charge >= 0.3 is 0 Å². The lowest BCUT2D eigenvalue weighted by atomic mass is 9.74. The van der Waals surface area contributed by atoms with E-state index in [0.29, 0.717) is 0 Å². The molecule has 0 saturated heterocycles. The molecule has 1 nitrogen and oxygen atoms in total. The molecule has 1 aliphatic carbocycles. The first-order valence-electron chi connectivity index (χ1n) is 6.15. The van der Waals surface area contributed by atoms with E-state index >= 15 is 0 Å². The zero-order chi connectivity index (χ0) is 12.5. The molecule has 1 fully saturated rings. The summed E-state index contributed by atoms with van der Waals surface area (Å²) in [5, 5.41) is 0.827. The highest BCUT2D eigenvalue weighted by molar-refractivity contribution is 6.30. The lowest BCUT2D eigenvalue weighted by molar-refractivity contribution is 0.113. The van der Waals surface area contributed by atoms with E-state index in [-0.39, 0.29) is 5.54 Å². The Labute approximate surface area is 109 Å². The minimum absolute atomic E-state index is 0.131. The summed E-state index contributed by atoms with van der Waals surface area (Å²) in [7, 11) is 4.32. The van der Waals surface area contributed by atoms with Crippen LogP contribution in [0.3, 0.4) is 0 Å². The van der Waals surface area contributed by atoms with Gasteiger partial charge in [-0.1, -0.05) is 35.9 Å². The van der Waals surface area contributed by atoms with E-state index in [1.165, 1.54) is 11.1 Å². The van der Waals surface area contributed by atoms with Crippen molar-refractivity contribution in [1.82, 2.24) is 4.90 Å². The summed E-state index contributed by atoms with van der Waals surface area (Å²) in [5.41, 5.74) is 2.85. The lowest BCUT2D eigenvalue weighted by Gasteiger charge is -2.44. The van der Waals surface area contributed by atoms with E-state index in [2.05, 4.69) is 37.7 Å². The predicted octanol–water partition coefficient (Wildman–Crippen LogP) is 4.23. The van der Waals surface area contributed by atoms with Crippen LogP contribution < -0.4 is 0 Å². The standard InChI is InChI=1S/C15H20ClN/c1-12-7-9-15(10-8-12,17(2)3)13-5-4-6-14(16)11-13/h4-6,11H,1,7-10H2,2-3H3. The molecule has 0 N–H and O–H groups in total. The van der Waals surface area contributed by atoms with Crippen LogP contribution in [0.4, 0.5) is 0 Å². The smallest absolute Gasteiger partial charge is 0.0461 e. The largest absolute Gasteiger partial charge is 0.300 e. The summed E-state index contributed by atoms with van der Waals surface area (Å²) in [4.78, 5) is 2.34. The first-order chi connectivity index (χ1) is 8.04. The number of benzene rings is 1. The Balaban J connectivity index is 2.38. The molecule has 0 atom stereocenters. The topological polar surface area (TPSA) is 3.24 Å². The van der Waals surface area contributed by atoms with Crippen molar-refractivity contribution in [2.75, 3.05) is 14.1 Å². The monoisotopic (exact) mass is 249 g/mol. The van der Waals surface area contributed by atoms with Gasteiger partial charge < -0.3 is 0 Å². The van der Waals surface area contributed by atoms with E-state index < -0.39 is 0 Å². The van der Waals surface area contributed by atoms with Gasteiger partial charge in [0.05, 0.1) is 0 Å². The molecule has 0 bridgehead atoms. The fourth-order valence-corrected chi connectivity index (χ4v) is 2.98. The van der Waals surface area contributed by atoms with Gasteiger partial charge in [-0.25, -0.2) is 0 Å². The zero-order valence-corrected chi connectivity index (χ0v) is 11.4. The molecule has 0 aromatic heterocycles. The summed E-state index contributed by atoms with van der Waals surface area (Å²) in [6.45, 7) is 4.11. The highest BCUT2D eigenvalue weighted by atomic mass is 35.5. The van der Waals surface area contributed by atoms with Crippen LogP contribution >= 0.6 is 11.6 Å². The minimum Gasteiger partial charge on any atom is -0.300 e. The first kappa shape index (κ1) is 12.7. The number of allylic oxidation sites excluding steroid dienone is 1. The maximum atomic E-state index is 6.12. The fourth-order valence-electron chi connectivity index (χ4n) is 2.79. The zero-order valence-electron chi connectivity index (χ0n) is 10.7. The Bertz CT molecular complexity index is 413. The molecule has 2 heteroatoms. The van der Waals surface area contributed by atoms with Gasteiger partial charge in [-0.05, 0) is 57.5 Å². The third-order valence-electron chi connectivity index (χ3n) is 4.00. The van der Waals surface area contributed by atoms with Crippen molar-refractivity contribution in [2.24, 2.45) is 0 Å². The number of hydrogen-bond acceptors (Lipinski definition) is 1. The SMILES string of the molecule is C=C1CCC(c2cccc(Cl)c2)(N(C)C)CC1. The molecule has 0 unspecified atom stereocenters. The highest BCUT2D eigenvalue weighted by Crippen LogP contribution is 2.42. The minimum atomic E-state index is 0.131. The van der Waals surface area contributed by atoms with E-state index in [1.807, 2.05) is 12.1 Å². The van der Waals surface area contributed by atoms with Gasteiger partial charge in [-0.2, -0.15) is 0 Å². The second kappa shape index (κ2) is 4.83. The van der Waals surface area contributed by atoms with Crippen molar-refractivity contribution in [2.45, 2.75) is 31.2 Å². The van der Waals surface area contributed by atoms with E-state index in [1.54, 1.807) is 0 Å². The predicted molar refractivity (Wildman–Crippen MR) is 74.4 cm³/mol. The van der Waals surface area contributed by atoms with Crippen LogP contribution in [0, 0.1) is 0 Å². The molecule has 0 amide bonds. The van der Waals surface area contributed by atoms with Crippen molar-refractivity contribution >= 4 is 11.6 Å². The van der Waals surface area contributed by atoms with Gasteiger partial charge in [0.25, 0.3) is 0 Å². The summed E-state index contributed by atoms with van der Waals surface area (Å²) < 4.78 is 0. The van der Waals surface area contributed by atoms with Gasteiger partial charge in [0.2, 0.25) is 0 Å². The molecular formula is C15H20ClN. The Hall–Kier alpha value is -0.790. The normalized spacial score (nSPS) is 19.6. The summed E-state index contributed by atoms with van der Waals surface area (Å²) >= 11 is 6.12. The molecular weight excluding hydrogens is 230 g/mol. The third kappa shape index (κ3) is 2.41.